The lowest BCUT2D eigenvalue weighted by atomic mass is 9.78. The average Bonchev–Trinajstić information content (AvgIpc) is 2.63. The predicted molar refractivity (Wildman–Crippen MR) is 75.7 cm³/mol. The first-order valence-electron chi connectivity index (χ1n) is 6.43. The van der Waals surface area contributed by atoms with Crippen molar-refractivity contribution in [3.05, 3.63) is 60.2 Å². The summed E-state index contributed by atoms with van der Waals surface area (Å²) in [7, 11) is 0. The van der Waals surface area contributed by atoms with E-state index in [1.807, 2.05) is 0 Å². The molecular formula is C17H18O. The van der Waals surface area contributed by atoms with Crippen LogP contribution in [0.1, 0.15) is 25.3 Å². The highest BCUT2D eigenvalue weighted by Crippen LogP contribution is 2.43. The SMILES string of the molecule is C=C1C[C@@H](O)[C@](C)(c2ccc3ccccc3c2)C1. The van der Waals surface area contributed by atoms with Gasteiger partial charge in [0.2, 0.25) is 0 Å². The van der Waals surface area contributed by atoms with Crippen molar-refractivity contribution in [2.45, 2.75) is 31.3 Å². The van der Waals surface area contributed by atoms with E-state index in [-0.39, 0.29) is 11.5 Å². The molecule has 1 aliphatic carbocycles. The molecule has 2 aromatic carbocycles. The van der Waals surface area contributed by atoms with Crippen LogP contribution in [0.2, 0.25) is 0 Å². The summed E-state index contributed by atoms with van der Waals surface area (Å²) < 4.78 is 0. The Kier molecular flexibility index (Phi) is 2.53. The fraction of sp³-hybridized carbons (Fsp3) is 0.294. The largest absolute Gasteiger partial charge is 0.392 e. The first-order chi connectivity index (χ1) is 8.59. The van der Waals surface area contributed by atoms with Gasteiger partial charge in [0.15, 0.2) is 0 Å². The minimum atomic E-state index is -0.314. The van der Waals surface area contributed by atoms with Crippen LogP contribution in [0.4, 0.5) is 0 Å². The van der Waals surface area contributed by atoms with Crippen molar-refractivity contribution in [2.24, 2.45) is 0 Å². The summed E-state index contributed by atoms with van der Waals surface area (Å²) >= 11 is 0. The van der Waals surface area contributed by atoms with Gasteiger partial charge in [-0.05, 0) is 29.2 Å². The molecule has 0 spiro atoms. The molecule has 2 aromatic rings. The van der Waals surface area contributed by atoms with Gasteiger partial charge in [-0.15, -0.1) is 0 Å². The van der Waals surface area contributed by atoms with E-state index >= 15 is 0 Å². The van der Waals surface area contributed by atoms with Gasteiger partial charge in [0.05, 0.1) is 6.10 Å². The maximum Gasteiger partial charge on any atom is 0.0674 e. The van der Waals surface area contributed by atoms with Crippen LogP contribution < -0.4 is 0 Å². The van der Waals surface area contributed by atoms with Crippen LogP contribution >= 0.6 is 0 Å². The third-order valence-corrected chi connectivity index (χ3v) is 4.24. The number of benzene rings is 2. The van der Waals surface area contributed by atoms with E-state index in [1.54, 1.807) is 0 Å². The van der Waals surface area contributed by atoms with Crippen LogP contribution in [0.15, 0.2) is 54.6 Å². The molecule has 3 rings (SSSR count). The Morgan fingerprint density at radius 3 is 2.56 bits per heavy atom. The highest BCUT2D eigenvalue weighted by molar-refractivity contribution is 5.83. The van der Waals surface area contributed by atoms with E-state index in [1.165, 1.54) is 16.3 Å². The zero-order valence-electron chi connectivity index (χ0n) is 10.7. The molecule has 92 valence electrons. The standard InChI is InChI=1S/C17H18O/c1-12-9-16(18)17(2,11-12)15-8-7-13-5-3-4-6-14(13)10-15/h3-8,10,16,18H,1,9,11H2,2H3/t16-,17+/m1/s1. The summed E-state index contributed by atoms with van der Waals surface area (Å²) in [5.41, 5.74) is 2.19. The molecular weight excluding hydrogens is 220 g/mol. The van der Waals surface area contributed by atoms with Crippen molar-refractivity contribution in [2.75, 3.05) is 0 Å². The number of fused-ring (bicyclic) bond motifs is 1. The highest BCUT2D eigenvalue weighted by Gasteiger charge is 2.40. The summed E-state index contributed by atoms with van der Waals surface area (Å²) in [6.45, 7) is 6.17. The smallest absolute Gasteiger partial charge is 0.0674 e. The molecule has 2 atom stereocenters. The first-order valence-corrected chi connectivity index (χ1v) is 6.43. The molecule has 0 amide bonds. The summed E-state index contributed by atoms with van der Waals surface area (Å²) in [4.78, 5) is 0. The zero-order chi connectivity index (χ0) is 12.8. The van der Waals surface area contributed by atoms with E-state index in [0.717, 1.165) is 18.4 Å². The van der Waals surface area contributed by atoms with Gasteiger partial charge in [-0.3, -0.25) is 0 Å². The van der Waals surface area contributed by atoms with Crippen molar-refractivity contribution in [3.63, 3.8) is 0 Å². The second kappa shape index (κ2) is 3.96. The van der Waals surface area contributed by atoms with Gasteiger partial charge in [0.1, 0.15) is 0 Å². The van der Waals surface area contributed by atoms with Crippen molar-refractivity contribution in [3.8, 4) is 0 Å². The Morgan fingerprint density at radius 2 is 1.89 bits per heavy atom. The Hall–Kier alpha value is -1.60. The summed E-state index contributed by atoms with van der Waals surface area (Å²) in [6, 6.07) is 14.8. The van der Waals surface area contributed by atoms with Gasteiger partial charge in [-0.1, -0.05) is 61.5 Å². The van der Waals surface area contributed by atoms with E-state index in [9.17, 15) is 5.11 Å². The van der Waals surface area contributed by atoms with Gasteiger partial charge in [0, 0.05) is 5.41 Å². The Morgan fingerprint density at radius 1 is 1.17 bits per heavy atom. The zero-order valence-corrected chi connectivity index (χ0v) is 10.7. The number of aliphatic hydroxyl groups excluding tert-OH is 1. The molecule has 0 aromatic heterocycles. The third kappa shape index (κ3) is 1.67. The Labute approximate surface area is 108 Å². The lowest BCUT2D eigenvalue weighted by molar-refractivity contribution is 0.117. The molecule has 18 heavy (non-hydrogen) atoms. The van der Waals surface area contributed by atoms with Gasteiger partial charge in [-0.25, -0.2) is 0 Å². The summed E-state index contributed by atoms with van der Waals surface area (Å²) in [5.74, 6) is 0. The highest BCUT2D eigenvalue weighted by atomic mass is 16.3. The van der Waals surface area contributed by atoms with Gasteiger partial charge < -0.3 is 5.11 Å². The van der Waals surface area contributed by atoms with E-state index < -0.39 is 0 Å². The van der Waals surface area contributed by atoms with Crippen LogP contribution in [0.25, 0.3) is 10.8 Å². The molecule has 0 radical (unpaired) electrons. The Balaban J connectivity index is 2.11. The maximum atomic E-state index is 10.3. The molecule has 1 nitrogen and oxygen atoms in total. The first kappa shape index (κ1) is 11.5. The molecule has 0 aliphatic heterocycles. The summed E-state index contributed by atoms with van der Waals surface area (Å²) in [5, 5.41) is 12.8. The fourth-order valence-electron chi connectivity index (χ4n) is 3.05. The number of hydrogen-bond acceptors (Lipinski definition) is 1. The van der Waals surface area contributed by atoms with E-state index in [4.69, 9.17) is 0 Å². The van der Waals surface area contributed by atoms with E-state index in [2.05, 4.69) is 56.0 Å². The topological polar surface area (TPSA) is 20.2 Å². The van der Waals surface area contributed by atoms with Crippen LogP contribution in [-0.4, -0.2) is 11.2 Å². The second-order valence-electron chi connectivity index (χ2n) is 5.63. The van der Waals surface area contributed by atoms with Crippen molar-refractivity contribution < 1.29 is 5.11 Å². The molecule has 0 unspecified atom stereocenters. The van der Waals surface area contributed by atoms with Crippen molar-refractivity contribution in [1.29, 1.82) is 0 Å². The number of rotatable bonds is 1. The van der Waals surface area contributed by atoms with E-state index in [0.29, 0.717) is 0 Å². The molecule has 1 saturated carbocycles. The lowest BCUT2D eigenvalue weighted by Gasteiger charge is -2.28. The molecule has 0 saturated heterocycles. The van der Waals surface area contributed by atoms with Crippen LogP contribution in [0.5, 0.6) is 0 Å². The van der Waals surface area contributed by atoms with Gasteiger partial charge >= 0.3 is 0 Å². The van der Waals surface area contributed by atoms with Gasteiger partial charge in [0.25, 0.3) is 0 Å². The average molecular weight is 238 g/mol. The molecule has 1 N–H and O–H groups in total. The fourth-order valence-corrected chi connectivity index (χ4v) is 3.05. The second-order valence-corrected chi connectivity index (χ2v) is 5.63. The van der Waals surface area contributed by atoms with Crippen LogP contribution in [0, 0.1) is 0 Å². The van der Waals surface area contributed by atoms with Crippen LogP contribution in [-0.2, 0) is 5.41 Å². The third-order valence-electron chi connectivity index (χ3n) is 4.24. The minimum absolute atomic E-state index is 0.179. The molecule has 1 heteroatoms. The molecule has 0 bridgehead atoms. The molecule has 1 fully saturated rings. The van der Waals surface area contributed by atoms with Crippen molar-refractivity contribution >= 4 is 10.8 Å². The quantitative estimate of drug-likeness (QED) is 0.749. The minimum Gasteiger partial charge on any atom is -0.392 e. The van der Waals surface area contributed by atoms with Crippen LogP contribution in [0.3, 0.4) is 0 Å². The molecule has 0 heterocycles. The number of aliphatic hydroxyl groups is 1. The summed E-state index contributed by atoms with van der Waals surface area (Å²) in [6.07, 6.45) is 1.29. The van der Waals surface area contributed by atoms with Crippen molar-refractivity contribution in [1.82, 2.24) is 0 Å². The maximum absolute atomic E-state index is 10.3. The predicted octanol–water partition coefficient (Wildman–Crippen LogP) is 3.81. The monoisotopic (exact) mass is 238 g/mol. The normalized spacial score (nSPS) is 27.9. The molecule has 1 aliphatic rings. The Bertz CT molecular complexity index is 614. The van der Waals surface area contributed by atoms with Gasteiger partial charge in [-0.2, -0.15) is 0 Å². The number of hydrogen-bond donors (Lipinski definition) is 1. The lowest BCUT2D eigenvalue weighted by Crippen LogP contribution is -2.30.